The third kappa shape index (κ3) is 3.20. The van der Waals surface area contributed by atoms with Gasteiger partial charge >= 0.3 is 0 Å². The summed E-state index contributed by atoms with van der Waals surface area (Å²) in [6.07, 6.45) is 1.12. The Morgan fingerprint density at radius 2 is 1.93 bits per heavy atom. The van der Waals surface area contributed by atoms with Gasteiger partial charge in [-0.15, -0.1) is 0 Å². The number of likely N-dealkylation sites (tertiary alicyclic amines) is 1. The fraction of sp³-hybridized carbons (Fsp3) is 0.364. The summed E-state index contributed by atoms with van der Waals surface area (Å²) in [6, 6.07) is 11.4. The number of benzene rings is 2. The first-order valence-corrected chi connectivity index (χ1v) is 9.81. The number of carbonyl (C=O) groups excluding carboxylic acids is 2. The summed E-state index contributed by atoms with van der Waals surface area (Å²) < 4.78 is 19.2. The van der Waals surface area contributed by atoms with Gasteiger partial charge < -0.3 is 19.9 Å². The summed E-state index contributed by atoms with van der Waals surface area (Å²) in [5.41, 5.74) is 0.995. The maximum Gasteiger partial charge on any atom is 0.257 e. The van der Waals surface area contributed by atoms with Gasteiger partial charge in [0.05, 0.1) is 23.9 Å². The fourth-order valence-corrected chi connectivity index (χ4v) is 4.44. The first-order valence-electron chi connectivity index (χ1n) is 9.81. The quantitative estimate of drug-likeness (QED) is 0.865. The van der Waals surface area contributed by atoms with Gasteiger partial charge in [0.15, 0.2) is 0 Å². The Hall–Kier alpha value is -3.09. The van der Waals surface area contributed by atoms with Crippen molar-refractivity contribution in [3.05, 3.63) is 59.4 Å². The van der Waals surface area contributed by atoms with Gasteiger partial charge in [0.25, 0.3) is 11.8 Å². The number of ether oxygens (including phenoxy) is 1. The minimum absolute atomic E-state index is 0.0890. The van der Waals surface area contributed by atoms with Crippen LogP contribution in [0.4, 0.5) is 10.1 Å². The smallest absolute Gasteiger partial charge is 0.257 e. The Balaban J connectivity index is 1.58. The van der Waals surface area contributed by atoms with Crippen LogP contribution in [0, 0.1) is 5.82 Å². The number of anilines is 1. The molecule has 7 heteroatoms. The standard InChI is InChI=1S/C22H24FN3O3/c1-3-26-18-14-15(23)8-9-16(18)20(27)24-22(26)10-12-25(13-11-22)21(28)17-6-4-5-7-19(17)29-2/h4-9,14H,3,10-13H2,1-2H3,(H,24,27). The molecule has 0 bridgehead atoms. The number of rotatable bonds is 3. The largest absolute Gasteiger partial charge is 0.496 e. The van der Waals surface area contributed by atoms with Crippen LogP contribution in [0.5, 0.6) is 5.75 Å². The van der Waals surface area contributed by atoms with Gasteiger partial charge in [-0.05, 0) is 37.3 Å². The Kier molecular flexibility index (Phi) is 4.90. The number of hydrogen-bond donors (Lipinski definition) is 1. The van der Waals surface area contributed by atoms with E-state index in [9.17, 15) is 14.0 Å². The molecule has 1 spiro atoms. The van der Waals surface area contributed by atoms with Crippen molar-refractivity contribution in [3.63, 3.8) is 0 Å². The van der Waals surface area contributed by atoms with Crippen LogP contribution in [-0.4, -0.2) is 49.1 Å². The first-order chi connectivity index (χ1) is 14.0. The Labute approximate surface area is 169 Å². The zero-order chi connectivity index (χ0) is 20.6. The number of amides is 2. The molecule has 0 aliphatic carbocycles. The van der Waals surface area contributed by atoms with E-state index in [2.05, 4.69) is 10.2 Å². The van der Waals surface area contributed by atoms with Gasteiger partial charge in [-0.1, -0.05) is 12.1 Å². The maximum atomic E-state index is 13.9. The van der Waals surface area contributed by atoms with Crippen LogP contribution in [0.15, 0.2) is 42.5 Å². The van der Waals surface area contributed by atoms with Crippen molar-refractivity contribution >= 4 is 17.5 Å². The maximum absolute atomic E-state index is 13.9. The summed E-state index contributed by atoms with van der Waals surface area (Å²) in [5, 5.41) is 3.13. The molecule has 0 atom stereocenters. The van der Waals surface area contributed by atoms with Crippen LogP contribution in [0.1, 0.15) is 40.5 Å². The van der Waals surface area contributed by atoms with Crippen LogP contribution in [-0.2, 0) is 0 Å². The topological polar surface area (TPSA) is 61.9 Å². The van der Waals surface area contributed by atoms with Crippen molar-refractivity contribution in [2.75, 3.05) is 31.6 Å². The number of para-hydroxylation sites is 1. The van der Waals surface area contributed by atoms with E-state index in [1.807, 2.05) is 19.1 Å². The molecular weight excluding hydrogens is 373 g/mol. The molecule has 4 rings (SSSR count). The molecule has 1 N–H and O–H groups in total. The van der Waals surface area contributed by atoms with Crippen LogP contribution in [0.2, 0.25) is 0 Å². The van der Waals surface area contributed by atoms with Crippen molar-refractivity contribution < 1.29 is 18.7 Å². The number of halogens is 1. The highest BCUT2D eigenvalue weighted by molar-refractivity contribution is 6.02. The predicted molar refractivity (Wildman–Crippen MR) is 108 cm³/mol. The second kappa shape index (κ2) is 7.39. The SMILES string of the molecule is CCN1c2cc(F)ccc2C(=O)NC12CCN(C(=O)c1ccccc1OC)CC2. The van der Waals surface area contributed by atoms with E-state index < -0.39 is 5.66 Å². The number of fused-ring (bicyclic) bond motifs is 1. The molecule has 152 valence electrons. The van der Waals surface area contributed by atoms with Crippen molar-refractivity contribution in [3.8, 4) is 5.75 Å². The molecule has 2 aliphatic rings. The second-order valence-electron chi connectivity index (χ2n) is 7.38. The zero-order valence-corrected chi connectivity index (χ0v) is 16.6. The van der Waals surface area contributed by atoms with E-state index in [1.54, 1.807) is 24.1 Å². The third-order valence-corrected chi connectivity index (χ3v) is 5.89. The van der Waals surface area contributed by atoms with Crippen molar-refractivity contribution in [2.45, 2.75) is 25.4 Å². The summed E-state index contributed by atoms with van der Waals surface area (Å²) in [5.74, 6) is -0.109. The molecular formula is C22H24FN3O3. The fourth-order valence-electron chi connectivity index (χ4n) is 4.44. The van der Waals surface area contributed by atoms with E-state index in [-0.39, 0.29) is 17.6 Å². The second-order valence-corrected chi connectivity index (χ2v) is 7.38. The average Bonchev–Trinajstić information content (AvgIpc) is 2.74. The molecule has 0 unspecified atom stereocenters. The number of carbonyl (C=O) groups is 2. The van der Waals surface area contributed by atoms with Gasteiger partial charge in [0.1, 0.15) is 17.2 Å². The lowest BCUT2D eigenvalue weighted by atomic mass is 9.89. The molecule has 2 aromatic rings. The number of methoxy groups -OCH3 is 1. The lowest BCUT2D eigenvalue weighted by Gasteiger charge is -2.52. The molecule has 1 fully saturated rings. The summed E-state index contributed by atoms with van der Waals surface area (Å²) in [6.45, 7) is 3.58. The van der Waals surface area contributed by atoms with Crippen LogP contribution < -0.4 is 15.0 Å². The molecule has 2 amide bonds. The van der Waals surface area contributed by atoms with Crippen LogP contribution in [0.3, 0.4) is 0 Å². The van der Waals surface area contributed by atoms with Gasteiger partial charge in [-0.2, -0.15) is 0 Å². The zero-order valence-electron chi connectivity index (χ0n) is 16.6. The summed E-state index contributed by atoms with van der Waals surface area (Å²) in [7, 11) is 1.55. The number of nitrogens with one attached hydrogen (secondary N) is 1. The predicted octanol–water partition coefficient (Wildman–Crippen LogP) is 3.04. The highest BCUT2D eigenvalue weighted by Gasteiger charge is 2.46. The monoisotopic (exact) mass is 397 g/mol. The van der Waals surface area contributed by atoms with E-state index in [1.165, 1.54) is 18.2 Å². The van der Waals surface area contributed by atoms with Gasteiger partial charge in [0.2, 0.25) is 0 Å². The lowest BCUT2D eigenvalue weighted by molar-refractivity contribution is 0.0601. The molecule has 0 radical (unpaired) electrons. The molecule has 0 aromatic heterocycles. The Morgan fingerprint density at radius 3 is 2.62 bits per heavy atom. The molecule has 0 saturated carbocycles. The number of hydrogen-bond acceptors (Lipinski definition) is 4. The lowest BCUT2D eigenvalue weighted by Crippen LogP contribution is -2.68. The van der Waals surface area contributed by atoms with E-state index in [4.69, 9.17) is 4.74 Å². The Morgan fingerprint density at radius 1 is 1.21 bits per heavy atom. The molecule has 2 heterocycles. The molecule has 1 saturated heterocycles. The van der Waals surface area contributed by atoms with Crippen LogP contribution >= 0.6 is 0 Å². The van der Waals surface area contributed by atoms with E-state index >= 15 is 0 Å². The normalized spacial score (nSPS) is 17.7. The highest BCUT2D eigenvalue weighted by Crippen LogP contribution is 2.38. The van der Waals surface area contributed by atoms with E-state index in [0.29, 0.717) is 55.0 Å². The Bertz CT molecular complexity index is 954. The number of nitrogens with zero attached hydrogens (tertiary/aromatic N) is 2. The summed E-state index contributed by atoms with van der Waals surface area (Å²) in [4.78, 5) is 29.5. The van der Waals surface area contributed by atoms with Crippen LogP contribution in [0.25, 0.3) is 0 Å². The third-order valence-electron chi connectivity index (χ3n) is 5.89. The minimum atomic E-state index is -0.621. The molecule has 2 aliphatic heterocycles. The number of piperidine rings is 1. The first kappa shape index (κ1) is 19.2. The van der Waals surface area contributed by atoms with E-state index in [0.717, 1.165) is 0 Å². The molecule has 2 aromatic carbocycles. The highest BCUT2D eigenvalue weighted by atomic mass is 19.1. The van der Waals surface area contributed by atoms with Gasteiger partial charge in [0, 0.05) is 32.5 Å². The van der Waals surface area contributed by atoms with Crippen molar-refractivity contribution in [1.29, 1.82) is 0 Å². The molecule has 29 heavy (non-hydrogen) atoms. The summed E-state index contributed by atoms with van der Waals surface area (Å²) >= 11 is 0. The van der Waals surface area contributed by atoms with Crippen molar-refractivity contribution in [2.24, 2.45) is 0 Å². The molecule has 6 nitrogen and oxygen atoms in total. The average molecular weight is 397 g/mol. The van der Waals surface area contributed by atoms with Gasteiger partial charge in [-0.25, -0.2) is 4.39 Å². The van der Waals surface area contributed by atoms with Crippen molar-refractivity contribution in [1.82, 2.24) is 10.2 Å². The van der Waals surface area contributed by atoms with Gasteiger partial charge in [-0.3, -0.25) is 9.59 Å². The minimum Gasteiger partial charge on any atom is -0.496 e.